The van der Waals surface area contributed by atoms with Crippen LogP contribution in [0.5, 0.6) is 0 Å². The van der Waals surface area contributed by atoms with E-state index in [1.165, 1.54) is 39.4 Å². The first-order valence-corrected chi connectivity index (χ1v) is 12.4. The van der Waals surface area contributed by atoms with Gasteiger partial charge < -0.3 is 5.32 Å². The predicted octanol–water partition coefficient (Wildman–Crippen LogP) is 6.68. The van der Waals surface area contributed by atoms with Gasteiger partial charge in [-0.3, -0.25) is 4.79 Å². The SMILES string of the molecule is Cc1c(Cl)cccc1NC(=O)CSc1nnc(SCc2cccc3ccccc23)s1. The van der Waals surface area contributed by atoms with Crippen molar-refractivity contribution in [3.63, 3.8) is 0 Å². The van der Waals surface area contributed by atoms with Crippen LogP contribution in [-0.2, 0) is 10.5 Å². The fourth-order valence-corrected chi connectivity index (χ4v) is 5.93. The molecule has 0 bridgehead atoms. The Balaban J connectivity index is 1.32. The summed E-state index contributed by atoms with van der Waals surface area (Å²) in [4.78, 5) is 12.3. The van der Waals surface area contributed by atoms with Crippen LogP contribution in [-0.4, -0.2) is 21.9 Å². The number of anilines is 1. The molecule has 4 rings (SSSR count). The summed E-state index contributed by atoms with van der Waals surface area (Å²) in [5.41, 5.74) is 2.87. The Morgan fingerprint density at radius 1 is 1.00 bits per heavy atom. The average Bonchev–Trinajstić information content (AvgIpc) is 3.22. The molecule has 1 N–H and O–H groups in total. The molecule has 0 spiro atoms. The summed E-state index contributed by atoms with van der Waals surface area (Å²) >= 11 is 10.7. The highest BCUT2D eigenvalue weighted by molar-refractivity contribution is 8.03. The molecular formula is C22H18ClN3OS3. The molecule has 8 heteroatoms. The van der Waals surface area contributed by atoms with Crippen LogP contribution >= 0.6 is 46.5 Å². The molecule has 0 radical (unpaired) electrons. The number of benzene rings is 3. The molecule has 1 aromatic heterocycles. The number of amides is 1. The zero-order valence-electron chi connectivity index (χ0n) is 16.1. The molecule has 0 saturated carbocycles. The van der Waals surface area contributed by atoms with Gasteiger partial charge in [0.2, 0.25) is 5.91 Å². The van der Waals surface area contributed by atoms with Crippen LogP contribution in [0.25, 0.3) is 10.8 Å². The molecule has 152 valence electrons. The van der Waals surface area contributed by atoms with Crippen LogP contribution in [0.2, 0.25) is 5.02 Å². The van der Waals surface area contributed by atoms with Crippen molar-refractivity contribution in [3.05, 3.63) is 76.8 Å². The highest BCUT2D eigenvalue weighted by Gasteiger charge is 2.11. The summed E-state index contributed by atoms with van der Waals surface area (Å²) in [5, 5.41) is 14.5. The van der Waals surface area contributed by atoms with Crippen molar-refractivity contribution in [1.82, 2.24) is 10.2 Å². The number of aromatic nitrogens is 2. The van der Waals surface area contributed by atoms with Crippen molar-refractivity contribution >= 4 is 68.8 Å². The average molecular weight is 472 g/mol. The monoisotopic (exact) mass is 471 g/mol. The third kappa shape index (κ3) is 5.16. The Morgan fingerprint density at radius 3 is 2.60 bits per heavy atom. The van der Waals surface area contributed by atoms with Gasteiger partial charge in [-0.05, 0) is 41.0 Å². The Morgan fingerprint density at radius 2 is 1.73 bits per heavy atom. The number of nitrogens with zero attached hydrogens (tertiary/aromatic N) is 2. The van der Waals surface area contributed by atoms with Crippen LogP contribution < -0.4 is 5.32 Å². The molecule has 0 aliphatic heterocycles. The molecule has 30 heavy (non-hydrogen) atoms. The minimum atomic E-state index is -0.0921. The molecule has 0 saturated heterocycles. The second kappa shape index (κ2) is 9.83. The van der Waals surface area contributed by atoms with Crippen molar-refractivity contribution in [2.24, 2.45) is 0 Å². The third-order valence-corrected chi connectivity index (χ3v) is 8.14. The van der Waals surface area contributed by atoms with Gasteiger partial charge in [-0.25, -0.2) is 0 Å². The van der Waals surface area contributed by atoms with Crippen LogP contribution in [0, 0.1) is 6.92 Å². The molecule has 0 atom stereocenters. The number of carbonyl (C=O) groups is 1. The van der Waals surface area contributed by atoms with Crippen molar-refractivity contribution in [1.29, 1.82) is 0 Å². The van der Waals surface area contributed by atoms with E-state index >= 15 is 0 Å². The standard InChI is InChI=1S/C22H18ClN3OS3/c1-14-18(23)10-5-11-19(14)24-20(27)13-29-22-26-25-21(30-22)28-12-16-8-4-7-15-6-2-3-9-17(15)16/h2-11H,12-13H2,1H3,(H,24,27). The van der Waals surface area contributed by atoms with Crippen LogP contribution in [0.4, 0.5) is 5.69 Å². The molecule has 1 amide bonds. The number of halogens is 1. The van der Waals surface area contributed by atoms with E-state index in [1.54, 1.807) is 17.8 Å². The molecule has 0 aliphatic carbocycles. The molecule has 1 heterocycles. The lowest BCUT2D eigenvalue weighted by atomic mass is 10.1. The number of hydrogen-bond acceptors (Lipinski definition) is 6. The maximum Gasteiger partial charge on any atom is 0.234 e. The highest BCUT2D eigenvalue weighted by Crippen LogP contribution is 2.32. The van der Waals surface area contributed by atoms with Crippen LogP contribution in [0.3, 0.4) is 0 Å². The zero-order chi connectivity index (χ0) is 20.9. The smallest absolute Gasteiger partial charge is 0.234 e. The van der Waals surface area contributed by atoms with Crippen LogP contribution in [0.1, 0.15) is 11.1 Å². The van der Waals surface area contributed by atoms with E-state index in [4.69, 9.17) is 11.6 Å². The Kier molecular flexibility index (Phi) is 6.94. The summed E-state index contributed by atoms with van der Waals surface area (Å²) < 4.78 is 1.69. The van der Waals surface area contributed by atoms with Gasteiger partial charge >= 0.3 is 0 Å². The normalized spacial score (nSPS) is 11.0. The maximum atomic E-state index is 12.3. The lowest BCUT2D eigenvalue weighted by Gasteiger charge is -2.08. The molecular weight excluding hydrogens is 454 g/mol. The molecule has 0 unspecified atom stereocenters. The van der Waals surface area contributed by atoms with E-state index in [0.29, 0.717) is 5.02 Å². The van der Waals surface area contributed by atoms with Gasteiger partial charge in [0.15, 0.2) is 8.68 Å². The van der Waals surface area contributed by atoms with Gasteiger partial charge in [0, 0.05) is 16.5 Å². The van der Waals surface area contributed by atoms with E-state index in [2.05, 4.69) is 58.0 Å². The van der Waals surface area contributed by atoms with Crippen molar-refractivity contribution in [2.45, 2.75) is 21.4 Å². The Labute approximate surface area is 192 Å². The minimum Gasteiger partial charge on any atom is -0.325 e. The van der Waals surface area contributed by atoms with Crippen molar-refractivity contribution in [3.8, 4) is 0 Å². The lowest BCUT2D eigenvalue weighted by molar-refractivity contribution is -0.113. The summed E-state index contributed by atoms with van der Waals surface area (Å²) in [7, 11) is 0. The summed E-state index contributed by atoms with van der Waals surface area (Å²) in [6, 6.07) is 20.2. The fraction of sp³-hybridized carbons (Fsp3) is 0.136. The van der Waals surface area contributed by atoms with Gasteiger partial charge in [-0.1, -0.05) is 95.0 Å². The molecule has 0 fully saturated rings. The number of nitrogens with one attached hydrogen (secondary N) is 1. The van der Waals surface area contributed by atoms with E-state index in [1.807, 2.05) is 19.1 Å². The Hall–Kier alpha value is -2.06. The van der Waals surface area contributed by atoms with E-state index in [9.17, 15) is 4.79 Å². The first kappa shape index (κ1) is 21.2. The van der Waals surface area contributed by atoms with Crippen LogP contribution in [0.15, 0.2) is 69.3 Å². The fourth-order valence-electron chi connectivity index (χ4n) is 2.93. The predicted molar refractivity (Wildman–Crippen MR) is 129 cm³/mol. The van der Waals surface area contributed by atoms with Gasteiger partial charge in [0.05, 0.1) is 5.75 Å². The van der Waals surface area contributed by atoms with E-state index in [-0.39, 0.29) is 11.7 Å². The van der Waals surface area contributed by atoms with Gasteiger partial charge in [0.1, 0.15) is 0 Å². The maximum absolute atomic E-state index is 12.3. The molecule has 0 aliphatic rings. The summed E-state index contributed by atoms with van der Waals surface area (Å²) in [5.74, 6) is 1.01. The van der Waals surface area contributed by atoms with Gasteiger partial charge in [0.25, 0.3) is 0 Å². The second-order valence-electron chi connectivity index (χ2n) is 6.51. The molecule has 4 aromatic rings. The Bertz CT molecular complexity index is 1190. The minimum absolute atomic E-state index is 0.0921. The number of hydrogen-bond donors (Lipinski definition) is 1. The summed E-state index contributed by atoms with van der Waals surface area (Å²) in [6.07, 6.45) is 0. The number of thioether (sulfide) groups is 2. The number of fused-ring (bicyclic) bond motifs is 1. The quantitative estimate of drug-likeness (QED) is 0.305. The molecule has 3 aromatic carbocycles. The lowest BCUT2D eigenvalue weighted by Crippen LogP contribution is -2.14. The largest absolute Gasteiger partial charge is 0.325 e. The third-order valence-electron chi connectivity index (χ3n) is 4.49. The van der Waals surface area contributed by atoms with E-state index in [0.717, 1.165) is 25.7 Å². The van der Waals surface area contributed by atoms with Crippen molar-refractivity contribution < 1.29 is 4.79 Å². The highest BCUT2D eigenvalue weighted by atomic mass is 35.5. The summed E-state index contributed by atoms with van der Waals surface area (Å²) in [6.45, 7) is 1.88. The topological polar surface area (TPSA) is 54.9 Å². The van der Waals surface area contributed by atoms with E-state index < -0.39 is 0 Å². The second-order valence-corrected chi connectivity index (χ2v) is 10.3. The number of rotatable bonds is 7. The number of carbonyl (C=O) groups excluding carboxylic acids is 1. The van der Waals surface area contributed by atoms with Gasteiger partial charge in [-0.2, -0.15) is 0 Å². The first-order chi connectivity index (χ1) is 14.6. The van der Waals surface area contributed by atoms with Gasteiger partial charge in [-0.15, -0.1) is 10.2 Å². The van der Waals surface area contributed by atoms with Crippen molar-refractivity contribution in [2.75, 3.05) is 11.1 Å². The molecule has 4 nitrogen and oxygen atoms in total. The first-order valence-electron chi connectivity index (χ1n) is 9.21. The zero-order valence-corrected chi connectivity index (χ0v) is 19.3.